The normalized spacial score (nSPS) is 19.5. The Balaban J connectivity index is 2.14. The van der Waals surface area contributed by atoms with Crippen LogP contribution >= 0.6 is 0 Å². The van der Waals surface area contributed by atoms with E-state index in [1.54, 1.807) is 7.11 Å². The third kappa shape index (κ3) is 4.19. The van der Waals surface area contributed by atoms with Crippen LogP contribution in [0.3, 0.4) is 0 Å². The molecule has 0 spiro atoms. The van der Waals surface area contributed by atoms with Gasteiger partial charge in [-0.2, -0.15) is 15.0 Å². The van der Waals surface area contributed by atoms with Gasteiger partial charge in [0.1, 0.15) is 0 Å². The second-order valence-corrected chi connectivity index (χ2v) is 5.90. The van der Waals surface area contributed by atoms with Crippen molar-refractivity contribution < 1.29 is 4.74 Å². The van der Waals surface area contributed by atoms with E-state index in [1.807, 2.05) is 6.92 Å². The highest BCUT2D eigenvalue weighted by Gasteiger charge is 2.22. The maximum Gasteiger partial charge on any atom is 0.322 e. The Hall–Kier alpha value is -1.59. The van der Waals surface area contributed by atoms with E-state index in [-0.39, 0.29) is 0 Å². The van der Waals surface area contributed by atoms with Crippen LogP contribution in [0, 0.1) is 11.8 Å². The second-order valence-electron chi connectivity index (χ2n) is 5.90. The summed E-state index contributed by atoms with van der Waals surface area (Å²) in [5, 5.41) is 3.14. The van der Waals surface area contributed by atoms with Crippen LogP contribution in [0.15, 0.2) is 0 Å². The highest BCUT2D eigenvalue weighted by molar-refractivity contribution is 5.38. The van der Waals surface area contributed by atoms with Crippen molar-refractivity contribution in [2.24, 2.45) is 11.8 Å². The van der Waals surface area contributed by atoms with Crippen LogP contribution in [0.4, 0.5) is 11.9 Å². The summed E-state index contributed by atoms with van der Waals surface area (Å²) in [5.74, 6) is 2.85. The minimum absolute atomic E-state index is 0.376. The zero-order chi connectivity index (χ0) is 15.2. The minimum Gasteiger partial charge on any atom is -0.467 e. The first kappa shape index (κ1) is 15.8. The third-order valence-electron chi connectivity index (χ3n) is 4.12. The highest BCUT2D eigenvalue weighted by Crippen LogP contribution is 2.26. The molecule has 6 nitrogen and oxygen atoms in total. The monoisotopic (exact) mass is 293 g/mol. The Morgan fingerprint density at radius 3 is 2.71 bits per heavy atom. The number of nitrogens with one attached hydrogen (secondary N) is 1. The summed E-state index contributed by atoms with van der Waals surface area (Å²) in [6.07, 6.45) is 3.67. The van der Waals surface area contributed by atoms with Crippen LogP contribution in [0.2, 0.25) is 0 Å². The summed E-state index contributed by atoms with van der Waals surface area (Å²) < 4.78 is 5.19. The molecule has 0 aliphatic carbocycles. The van der Waals surface area contributed by atoms with Gasteiger partial charge in [0.05, 0.1) is 7.11 Å². The van der Waals surface area contributed by atoms with Gasteiger partial charge in [0, 0.05) is 19.6 Å². The number of nitrogens with zero attached hydrogens (tertiary/aromatic N) is 4. The summed E-state index contributed by atoms with van der Waals surface area (Å²) in [6, 6.07) is 0.376. The van der Waals surface area contributed by atoms with Gasteiger partial charge in [0.2, 0.25) is 11.9 Å². The van der Waals surface area contributed by atoms with Gasteiger partial charge in [0.25, 0.3) is 0 Å². The molecule has 118 valence electrons. The van der Waals surface area contributed by atoms with E-state index >= 15 is 0 Å². The molecule has 1 aromatic heterocycles. The standard InChI is InChI=1S/C15H27N5O/c1-5-16-13-17-14(19-15(18-13)21-4)20-9-6-7-12(8-10-20)11(2)3/h11-12H,5-10H2,1-4H3,(H,16,17,18,19). The smallest absolute Gasteiger partial charge is 0.322 e. The van der Waals surface area contributed by atoms with Crippen LogP contribution in [-0.2, 0) is 0 Å². The molecule has 21 heavy (non-hydrogen) atoms. The molecule has 1 aliphatic rings. The molecule has 1 N–H and O–H groups in total. The minimum atomic E-state index is 0.376. The van der Waals surface area contributed by atoms with Gasteiger partial charge < -0.3 is 15.0 Å². The maximum atomic E-state index is 5.19. The van der Waals surface area contributed by atoms with Crippen molar-refractivity contribution in [3.8, 4) is 6.01 Å². The molecule has 0 bridgehead atoms. The van der Waals surface area contributed by atoms with Gasteiger partial charge >= 0.3 is 6.01 Å². The van der Waals surface area contributed by atoms with Gasteiger partial charge in [-0.25, -0.2) is 0 Å². The molecule has 0 amide bonds. The summed E-state index contributed by atoms with van der Waals surface area (Å²) in [6.45, 7) is 9.44. The van der Waals surface area contributed by atoms with E-state index in [1.165, 1.54) is 19.3 Å². The van der Waals surface area contributed by atoms with Gasteiger partial charge in [-0.15, -0.1) is 0 Å². The van der Waals surface area contributed by atoms with Crippen LogP contribution < -0.4 is 15.0 Å². The molecule has 1 saturated heterocycles. The van der Waals surface area contributed by atoms with E-state index in [4.69, 9.17) is 4.74 Å². The van der Waals surface area contributed by atoms with Crippen molar-refractivity contribution in [3.63, 3.8) is 0 Å². The number of anilines is 2. The number of hydrogen-bond acceptors (Lipinski definition) is 6. The van der Waals surface area contributed by atoms with Gasteiger partial charge in [-0.1, -0.05) is 13.8 Å². The van der Waals surface area contributed by atoms with Crippen LogP contribution in [0.5, 0.6) is 6.01 Å². The Kier molecular flexibility index (Phi) is 5.59. The quantitative estimate of drug-likeness (QED) is 0.900. The molecule has 0 aromatic carbocycles. The van der Waals surface area contributed by atoms with Crippen LogP contribution in [-0.4, -0.2) is 41.7 Å². The predicted molar refractivity (Wildman–Crippen MR) is 84.9 cm³/mol. The fourth-order valence-electron chi connectivity index (χ4n) is 2.80. The SMILES string of the molecule is CCNc1nc(OC)nc(N2CCCC(C(C)C)CC2)n1. The van der Waals surface area contributed by atoms with Crippen LogP contribution in [0.1, 0.15) is 40.0 Å². The van der Waals surface area contributed by atoms with E-state index in [2.05, 4.69) is 39.0 Å². The summed E-state index contributed by atoms with van der Waals surface area (Å²) in [4.78, 5) is 15.4. The topological polar surface area (TPSA) is 63.2 Å². The summed E-state index contributed by atoms with van der Waals surface area (Å²) in [7, 11) is 1.59. The molecular formula is C15H27N5O. The lowest BCUT2D eigenvalue weighted by atomic mass is 9.89. The van der Waals surface area contributed by atoms with Gasteiger partial charge in [-0.05, 0) is 38.0 Å². The first-order chi connectivity index (χ1) is 10.1. The van der Waals surface area contributed by atoms with Crippen molar-refractivity contribution in [2.75, 3.05) is 37.0 Å². The fraction of sp³-hybridized carbons (Fsp3) is 0.800. The van der Waals surface area contributed by atoms with Crippen molar-refractivity contribution in [2.45, 2.75) is 40.0 Å². The largest absolute Gasteiger partial charge is 0.467 e. The number of ether oxygens (including phenoxy) is 1. The Bertz CT molecular complexity index is 452. The first-order valence-electron chi connectivity index (χ1n) is 7.93. The number of hydrogen-bond donors (Lipinski definition) is 1. The summed E-state index contributed by atoms with van der Waals surface area (Å²) >= 11 is 0. The average Bonchev–Trinajstić information content (AvgIpc) is 2.73. The predicted octanol–water partition coefficient (Wildman–Crippen LogP) is 2.57. The first-order valence-corrected chi connectivity index (χ1v) is 7.93. The number of rotatable bonds is 5. The lowest BCUT2D eigenvalue weighted by Gasteiger charge is -2.22. The molecule has 0 saturated carbocycles. The average molecular weight is 293 g/mol. The molecule has 6 heteroatoms. The highest BCUT2D eigenvalue weighted by atomic mass is 16.5. The zero-order valence-corrected chi connectivity index (χ0v) is 13.6. The lowest BCUT2D eigenvalue weighted by molar-refractivity contribution is 0.351. The molecule has 1 unspecified atom stereocenters. The molecule has 2 heterocycles. The molecule has 2 rings (SSSR count). The molecule has 1 aromatic rings. The zero-order valence-electron chi connectivity index (χ0n) is 13.6. The van der Waals surface area contributed by atoms with Gasteiger partial charge in [0.15, 0.2) is 0 Å². The molecule has 0 radical (unpaired) electrons. The number of methoxy groups -OCH3 is 1. The van der Waals surface area contributed by atoms with E-state index in [0.29, 0.717) is 12.0 Å². The lowest BCUT2D eigenvalue weighted by Crippen LogP contribution is -2.27. The van der Waals surface area contributed by atoms with Crippen LogP contribution in [0.25, 0.3) is 0 Å². The Morgan fingerprint density at radius 1 is 1.24 bits per heavy atom. The molecule has 1 aliphatic heterocycles. The van der Waals surface area contributed by atoms with Crippen molar-refractivity contribution in [1.82, 2.24) is 15.0 Å². The fourth-order valence-corrected chi connectivity index (χ4v) is 2.80. The van der Waals surface area contributed by atoms with E-state index < -0.39 is 0 Å². The van der Waals surface area contributed by atoms with Gasteiger partial charge in [-0.3, -0.25) is 0 Å². The molecular weight excluding hydrogens is 266 g/mol. The second kappa shape index (κ2) is 7.43. The van der Waals surface area contributed by atoms with E-state index in [0.717, 1.165) is 37.4 Å². The maximum absolute atomic E-state index is 5.19. The van der Waals surface area contributed by atoms with Crippen molar-refractivity contribution >= 4 is 11.9 Å². The Morgan fingerprint density at radius 2 is 2.05 bits per heavy atom. The number of aromatic nitrogens is 3. The van der Waals surface area contributed by atoms with Crippen molar-refractivity contribution in [1.29, 1.82) is 0 Å². The Labute approximate surface area is 127 Å². The molecule has 1 fully saturated rings. The van der Waals surface area contributed by atoms with E-state index in [9.17, 15) is 0 Å². The molecule has 1 atom stereocenters. The van der Waals surface area contributed by atoms with Crippen molar-refractivity contribution in [3.05, 3.63) is 0 Å². The third-order valence-corrected chi connectivity index (χ3v) is 4.12. The summed E-state index contributed by atoms with van der Waals surface area (Å²) in [5.41, 5.74) is 0.